The summed E-state index contributed by atoms with van der Waals surface area (Å²) in [5, 5.41) is 35.2. The molecule has 0 aromatic carbocycles. The van der Waals surface area contributed by atoms with Gasteiger partial charge in [-0.2, -0.15) is 0 Å². The summed E-state index contributed by atoms with van der Waals surface area (Å²) < 4.78 is 11.9. The molecule has 8 heteroatoms. The van der Waals surface area contributed by atoms with Gasteiger partial charge in [0.1, 0.15) is 18.0 Å². The van der Waals surface area contributed by atoms with Crippen molar-refractivity contribution in [2.75, 3.05) is 0 Å². The highest BCUT2D eigenvalue weighted by molar-refractivity contribution is 5.99. The standard InChI is InChI=1S/C24H32O8/c1-9(25)31-17-13-12-14(28)21(6)22(15(12)29)11(27)7-8-20(5)16(30)18(32-10(2)26)23(21,19(13,3)4)24(17,20)22/h11-13,15-18,27,29-30H,7-8H2,1-6H3. The van der Waals surface area contributed by atoms with Gasteiger partial charge in [-0.05, 0) is 18.3 Å². The van der Waals surface area contributed by atoms with E-state index >= 15 is 0 Å². The van der Waals surface area contributed by atoms with Gasteiger partial charge in [0, 0.05) is 46.8 Å². The third-order valence-corrected chi connectivity index (χ3v) is 11.8. The minimum absolute atomic E-state index is 0.172. The fraction of sp³-hybridized carbons (Fsp3) is 0.875. The minimum atomic E-state index is -1.28. The number of hydrogen-bond donors (Lipinski definition) is 3. The lowest BCUT2D eigenvalue weighted by molar-refractivity contribution is -0.424. The van der Waals surface area contributed by atoms with Crippen molar-refractivity contribution in [3.8, 4) is 0 Å². The molecule has 0 saturated heterocycles. The van der Waals surface area contributed by atoms with Gasteiger partial charge < -0.3 is 24.8 Å². The summed E-state index contributed by atoms with van der Waals surface area (Å²) in [6, 6.07) is 0. The van der Waals surface area contributed by atoms with E-state index in [1.165, 1.54) is 13.8 Å². The van der Waals surface area contributed by atoms with Crippen molar-refractivity contribution in [3.63, 3.8) is 0 Å². The van der Waals surface area contributed by atoms with Crippen LogP contribution in [0.15, 0.2) is 0 Å². The molecule has 7 fully saturated rings. The molecule has 0 heterocycles. The van der Waals surface area contributed by atoms with Crippen LogP contribution in [0.25, 0.3) is 0 Å². The second kappa shape index (κ2) is 5.10. The van der Waals surface area contributed by atoms with E-state index in [4.69, 9.17) is 9.47 Å². The molecule has 3 spiro atoms. The van der Waals surface area contributed by atoms with Crippen molar-refractivity contribution in [2.45, 2.75) is 84.9 Å². The number of ketones is 1. The van der Waals surface area contributed by atoms with Crippen LogP contribution in [0.4, 0.5) is 0 Å². The fourth-order valence-electron chi connectivity index (χ4n) is 12.0. The van der Waals surface area contributed by atoms with E-state index in [2.05, 4.69) is 0 Å². The molecule has 7 aliphatic rings. The maximum atomic E-state index is 14.1. The molecule has 12 unspecified atom stereocenters. The van der Waals surface area contributed by atoms with Crippen LogP contribution in [0.1, 0.15) is 54.4 Å². The highest BCUT2D eigenvalue weighted by Gasteiger charge is 3.12. The summed E-state index contributed by atoms with van der Waals surface area (Å²) in [7, 11) is 0. The molecule has 7 aliphatic carbocycles. The van der Waals surface area contributed by atoms with E-state index in [1.807, 2.05) is 20.8 Å². The molecule has 0 aromatic rings. The number of aliphatic hydroxyl groups is 3. The largest absolute Gasteiger partial charge is 0.462 e. The molecular formula is C24H32O8. The van der Waals surface area contributed by atoms with Crippen molar-refractivity contribution >= 4 is 17.7 Å². The van der Waals surface area contributed by atoms with Crippen LogP contribution in [0.2, 0.25) is 0 Å². The van der Waals surface area contributed by atoms with Crippen molar-refractivity contribution in [2.24, 2.45) is 44.3 Å². The summed E-state index contributed by atoms with van der Waals surface area (Å²) in [6.07, 6.45) is -4.35. The van der Waals surface area contributed by atoms with Gasteiger partial charge in [-0.3, -0.25) is 14.4 Å². The lowest BCUT2D eigenvalue weighted by Crippen LogP contribution is -2.89. The Labute approximate surface area is 186 Å². The van der Waals surface area contributed by atoms with E-state index in [0.717, 1.165) is 0 Å². The lowest BCUT2D eigenvalue weighted by atomic mass is 9.18. The molecule has 6 bridgehead atoms. The van der Waals surface area contributed by atoms with Crippen molar-refractivity contribution in [1.29, 1.82) is 0 Å². The van der Waals surface area contributed by atoms with Crippen LogP contribution < -0.4 is 0 Å². The van der Waals surface area contributed by atoms with E-state index in [0.29, 0.717) is 12.8 Å². The SMILES string of the molecule is CC(=O)OC1C(O)C2(C)CCC(O)C34C(O)C5C(=O)C3(C)C13C(C)(C)C5C(OC(C)=O)C243. The quantitative estimate of drug-likeness (QED) is 0.524. The molecule has 0 amide bonds. The van der Waals surface area contributed by atoms with Crippen molar-refractivity contribution in [3.05, 3.63) is 0 Å². The Morgan fingerprint density at radius 1 is 0.906 bits per heavy atom. The number of carbonyl (C=O) groups is 3. The smallest absolute Gasteiger partial charge is 0.303 e. The molecule has 12 atom stereocenters. The topological polar surface area (TPSA) is 130 Å². The number of hydrogen-bond acceptors (Lipinski definition) is 8. The maximum Gasteiger partial charge on any atom is 0.303 e. The zero-order valence-electron chi connectivity index (χ0n) is 19.3. The van der Waals surface area contributed by atoms with Gasteiger partial charge in [-0.15, -0.1) is 0 Å². The van der Waals surface area contributed by atoms with Crippen molar-refractivity contribution < 1.29 is 39.2 Å². The Bertz CT molecular complexity index is 1010. The highest BCUT2D eigenvalue weighted by atomic mass is 16.6. The van der Waals surface area contributed by atoms with Gasteiger partial charge in [0.2, 0.25) is 0 Å². The zero-order valence-corrected chi connectivity index (χ0v) is 19.3. The molecule has 7 saturated carbocycles. The fourth-order valence-corrected chi connectivity index (χ4v) is 12.0. The van der Waals surface area contributed by atoms with Crippen LogP contribution in [0, 0.1) is 44.3 Å². The van der Waals surface area contributed by atoms with Crippen LogP contribution in [0.3, 0.4) is 0 Å². The van der Waals surface area contributed by atoms with Gasteiger partial charge >= 0.3 is 11.9 Å². The third kappa shape index (κ3) is 1.30. The summed E-state index contributed by atoms with van der Waals surface area (Å²) >= 11 is 0. The van der Waals surface area contributed by atoms with Gasteiger partial charge in [0.25, 0.3) is 0 Å². The maximum absolute atomic E-state index is 14.1. The first-order chi connectivity index (χ1) is 14.7. The minimum Gasteiger partial charge on any atom is -0.462 e. The van der Waals surface area contributed by atoms with Crippen LogP contribution >= 0.6 is 0 Å². The van der Waals surface area contributed by atoms with Crippen LogP contribution in [-0.4, -0.2) is 63.6 Å². The third-order valence-electron chi connectivity index (χ3n) is 11.8. The Morgan fingerprint density at radius 3 is 2.03 bits per heavy atom. The first-order valence-corrected chi connectivity index (χ1v) is 11.6. The average molecular weight is 449 g/mol. The Balaban J connectivity index is 1.80. The predicted molar refractivity (Wildman–Crippen MR) is 108 cm³/mol. The summed E-state index contributed by atoms with van der Waals surface area (Å²) in [5.74, 6) is -2.53. The first kappa shape index (κ1) is 21.1. The molecule has 0 radical (unpaired) electrons. The first-order valence-electron chi connectivity index (χ1n) is 11.6. The van der Waals surface area contributed by atoms with E-state index in [1.54, 1.807) is 6.92 Å². The van der Waals surface area contributed by atoms with Gasteiger partial charge in [-0.1, -0.05) is 27.7 Å². The molecular weight excluding hydrogens is 416 g/mol. The number of rotatable bonds is 2. The number of ether oxygens (including phenoxy) is 2. The Hall–Kier alpha value is -1.51. The summed E-state index contributed by atoms with van der Waals surface area (Å²) in [4.78, 5) is 38.8. The molecule has 0 aliphatic heterocycles. The van der Waals surface area contributed by atoms with E-state index in [9.17, 15) is 29.7 Å². The van der Waals surface area contributed by atoms with Gasteiger partial charge in [0.15, 0.2) is 0 Å². The molecule has 32 heavy (non-hydrogen) atoms. The summed E-state index contributed by atoms with van der Waals surface area (Å²) in [5.41, 5.74) is -6.39. The second-order valence-corrected chi connectivity index (χ2v) is 12.2. The Kier molecular flexibility index (Phi) is 3.36. The van der Waals surface area contributed by atoms with Crippen LogP contribution in [-0.2, 0) is 23.9 Å². The molecule has 7 rings (SSSR count). The van der Waals surface area contributed by atoms with Gasteiger partial charge in [0.05, 0.1) is 24.2 Å². The molecule has 0 aromatic heterocycles. The van der Waals surface area contributed by atoms with Gasteiger partial charge in [-0.25, -0.2) is 0 Å². The average Bonchev–Trinajstić information content (AvgIpc) is 2.89. The summed E-state index contributed by atoms with van der Waals surface area (Å²) in [6.45, 7) is 10.3. The number of carbonyl (C=O) groups excluding carboxylic acids is 3. The lowest BCUT2D eigenvalue weighted by Gasteiger charge is -2.83. The molecule has 3 N–H and O–H groups in total. The molecule has 8 nitrogen and oxygen atoms in total. The van der Waals surface area contributed by atoms with Crippen LogP contribution in [0.5, 0.6) is 0 Å². The zero-order chi connectivity index (χ0) is 23.6. The van der Waals surface area contributed by atoms with Crippen molar-refractivity contribution in [1.82, 2.24) is 0 Å². The van der Waals surface area contributed by atoms with E-state index in [-0.39, 0.29) is 5.78 Å². The normalized spacial score (nSPS) is 61.9. The highest BCUT2D eigenvalue weighted by Crippen LogP contribution is 3.05. The predicted octanol–water partition coefficient (Wildman–Crippen LogP) is 0.594. The monoisotopic (exact) mass is 448 g/mol. The number of esters is 2. The Morgan fingerprint density at radius 2 is 1.47 bits per heavy atom. The second-order valence-electron chi connectivity index (χ2n) is 12.2. The number of Topliss-reactive ketones (excluding diaryl/α,β-unsaturated/α-hetero) is 1. The number of aliphatic hydroxyl groups excluding tert-OH is 3. The molecule has 176 valence electrons. The van der Waals surface area contributed by atoms with E-state index < -0.39 is 86.8 Å².